The first-order valence-electron chi connectivity index (χ1n) is 11.2. The largest absolute Gasteiger partial charge is 0.497 e. The molecule has 0 saturated heterocycles. The molecule has 36 heavy (non-hydrogen) atoms. The first-order chi connectivity index (χ1) is 17.5. The normalized spacial score (nSPS) is 11.6. The molecular formula is C28H24FN3O4. The highest BCUT2D eigenvalue weighted by atomic mass is 19.1. The molecule has 0 saturated carbocycles. The first kappa shape index (κ1) is 24.6. The summed E-state index contributed by atoms with van der Waals surface area (Å²) < 4.78 is 25.8. The van der Waals surface area contributed by atoms with Crippen LogP contribution in [-0.4, -0.2) is 31.3 Å². The zero-order chi connectivity index (χ0) is 25.7. The molecule has 0 radical (unpaired) electrons. The van der Waals surface area contributed by atoms with Gasteiger partial charge in [0, 0.05) is 29.4 Å². The lowest BCUT2D eigenvalue weighted by molar-refractivity contribution is -0.143. The molecule has 7 nitrogen and oxygen atoms in total. The Kier molecular flexibility index (Phi) is 7.42. The van der Waals surface area contributed by atoms with Gasteiger partial charge in [-0.3, -0.25) is 14.7 Å². The average molecular weight is 486 g/mol. The molecule has 4 aromatic rings. The van der Waals surface area contributed by atoms with Crippen molar-refractivity contribution < 1.29 is 18.7 Å². The van der Waals surface area contributed by atoms with Gasteiger partial charge in [-0.05, 0) is 41.5 Å². The average Bonchev–Trinajstić information content (AvgIpc) is 2.91. The number of benzene rings is 3. The van der Waals surface area contributed by atoms with E-state index in [0.29, 0.717) is 33.2 Å². The summed E-state index contributed by atoms with van der Waals surface area (Å²) in [6.07, 6.45) is 0. The first-order valence-corrected chi connectivity index (χ1v) is 11.2. The predicted octanol–water partition coefficient (Wildman–Crippen LogP) is 4.19. The molecule has 0 aliphatic heterocycles. The monoisotopic (exact) mass is 485 g/mol. The summed E-state index contributed by atoms with van der Waals surface area (Å²) in [7, 11) is 2.81. The van der Waals surface area contributed by atoms with Crippen LogP contribution in [0.25, 0.3) is 21.9 Å². The van der Waals surface area contributed by atoms with E-state index in [4.69, 9.17) is 9.47 Å². The SMILES string of the molecule is COC(=O)[C@@H](NCCn1c(C#N)c(-c2cccc(F)c2)c2cc(OC)ccc2c1=O)c1ccccc1. The van der Waals surface area contributed by atoms with Gasteiger partial charge in [-0.15, -0.1) is 0 Å². The summed E-state index contributed by atoms with van der Waals surface area (Å²) in [5.41, 5.74) is 1.31. The van der Waals surface area contributed by atoms with Crippen molar-refractivity contribution in [1.82, 2.24) is 9.88 Å². The van der Waals surface area contributed by atoms with Crippen molar-refractivity contribution in [2.24, 2.45) is 0 Å². The summed E-state index contributed by atoms with van der Waals surface area (Å²) in [5.74, 6) is -0.428. The number of rotatable bonds is 8. The van der Waals surface area contributed by atoms with Crippen molar-refractivity contribution in [3.8, 4) is 22.9 Å². The number of hydrogen-bond donors (Lipinski definition) is 1. The minimum Gasteiger partial charge on any atom is -0.497 e. The zero-order valence-corrected chi connectivity index (χ0v) is 19.8. The van der Waals surface area contributed by atoms with Crippen LogP contribution in [0.5, 0.6) is 5.75 Å². The van der Waals surface area contributed by atoms with Crippen molar-refractivity contribution in [2.45, 2.75) is 12.6 Å². The second-order valence-corrected chi connectivity index (χ2v) is 8.04. The fourth-order valence-electron chi connectivity index (χ4n) is 4.24. The van der Waals surface area contributed by atoms with Gasteiger partial charge in [0.2, 0.25) is 0 Å². The predicted molar refractivity (Wildman–Crippen MR) is 134 cm³/mol. The molecule has 182 valence electrons. The number of ether oxygens (including phenoxy) is 2. The van der Waals surface area contributed by atoms with Crippen molar-refractivity contribution in [1.29, 1.82) is 5.26 Å². The van der Waals surface area contributed by atoms with Gasteiger partial charge in [-0.1, -0.05) is 42.5 Å². The topological polar surface area (TPSA) is 93.3 Å². The molecule has 0 unspecified atom stereocenters. The van der Waals surface area contributed by atoms with Gasteiger partial charge in [0.05, 0.1) is 14.2 Å². The zero-order valence-electron chi connectivity index (χ0n) is 19.8. The maximum Gasteiger partial charge on any atom is 0.327 e. The molecule has 0 bridgehead atoms. The number of halogens is 1. The minimum atomic E-state index is -0.746. The lowest BCUT2D eigenvalue weighted by Crippen LogP contribution is -2.34. The molecule has 3 aromatic carbocycles. The van der Waals surface area contributed by atoms with Crippen LogP contribution >= 0.6 is 0 Å². The summed E-state index contributed by atoms with van der Waals surface area (Å²) in [6.45, 7) is 0.278. The molecule has 0 fully saturated rings. The van der Waals surface area contributed by atoms with E-state index < -0.39 is 17.8 Å². The number of nitriles is 1. The van der Waals surface area contributed by atoms with Gasteiger partial charge in [0.25, 0.3) is 5.56 Å². The Balaban J connectivity index is 1.80. The second kappa shape index (κ2) is 10.8. The summed E-state index contributed by atoms with van der Waals surface area (Å²) in [6, 6.07) is 21.3. The third kappa shape index (κ3) is 4.83. The Bertz CT molecular complexity index is 1510. The molecule has 0 aliphatic carbocycles. The summed E-state index contributed by atoms with van der Waals surface area (Å²) >= 11 is 0. The fourth-order valence-corrected chi connectivity index (χ4v) is 4.24. The molecule has 8 heteroatoms. The van der Waals surface area contributed by atoms with E-state index in [1.807, 2.05) is 18.2 Å². The fraction of sp³-hybridized carbons (Fsp3) is 0.179. The number of hydrogen-bond acceptors (Lipinski definition) is 6. The number of fused-ring (bicyclic) bond motifs is 1. The maximum absolute atomic E-state index is 14.1. The Morgan fingerprint density at radius 3 is 2.50 bits per heavy atom. The van der Waals surface area contributed by atoms with Gasteiger partial charge in [0.1, 0.15) is 29.4 Å². The number of carbonyl (C=O) groups excluding carboxylic acids is 1. The number of methoxy groups -OCH3 is 2. The highest BCUT2D eigenvalue weighted by Gasteiger charge is 2.22. The number of carbonyl (C=O) groups is 1. The smallest absolute Gasteiger partial charge is 0.327 e. The highest BCUT2D eigenvalue weighted by molar-refractivity contribution is 5.99. The summed E-state index contributed by atoms with van der Waals surface area (Å²) in [4.78, 5) is 25.9. The van der Waals surface area contributed by atoms with Crippen LogP contribution in [0, 0.1) is 17.1 Å². The van der Waals surface area contributed by atoms with Crippen LogP contribution < -0.4 is 15.6 Å². The van der Waals surface area contributed by atoms with Crippen molar-refractivity contribution in [2.75, 3.05) is 20.8 Å². The van der Waals surface area contributed by atoms with E-state index in [1.165, 1.54) is 30.9 Å². The minimum absolute atomic E-state index is 0.0856. The lowest BCUT2D eigenvalue weighted by atomic mass is 9.96. The molecule has 0 aliphatic rings. The molecule has 1 heterocycles. The van der Waals surface area contributed by atoms with E-state index in [9.17, 15) is 19.2 Å². The maximum atomic E-state index is 14.1. The third-order valence-corrected chi connectivity index (χ3v) is 5.95. The molecule has 1 atom stereocenters. The molecular weight excluding hydrogens is 461 g/mol. The van der Waals surface area contributed by atoms with E-state index in [1.54, 1.807) is 42.5 Å². The van der Waals surface area contributed by atoms with Crippen molar-refractivity contribution >= 4 is 16.7 Å². The number of nitrogens with one attached hydrogen (secondary N) is 1. The number of pyridine rings is 1. The van der Waals surface area contributed by atoms with Gasteiger partial charge < -0.3 is 9.47 Å². The third-order valence-electron chi connectivity index (χ3n) is 5.95. The Hall–Kier alpha value is -4.48. The Morgan fingerprint density at radius 1 is 1.06 bits per heavy atom. The van der Waals surface area contributed by atoms with Gasteiger partial charge in [-0.25, -0.2) is 9.18 Å². The van der Waals surface area contributed by atoms with Crippen molar-refractivity contribution in [3.05, 3.63) is 100 Å². The number of esters is 1. The van der Waals surface area contributed by atoms with Crippen LogP contribution in [0.1, 0.15) is 17.3 Å². The Morgan fingerprint density at radius 2 is 1.83 bits per heavy atom. The van der Waals surface area contributed by atoms with Gasteiger partial charge in [-0.2, -0.15) is 5.26 Å². The standard InChI is InChI=1S/C28H24FN3O4/c1-35-21-11-12-22-23(16-21)25(19-9-6-10-20(29)15-19)24(17-30)32(27(22)33)14-13-31-26(28(34)36-2)18-7-4-3-5-8-18/h3-12,15-16,26,31H,13-14H2,1-2H3/t26-/m0/s1. The quantitative estimate of drug-likeness (QED) is 0.376. The molecule has 0 amide bonds. The van der Waals surface area contributed by atoms with Gasteiger partial charge in [0.15, 0.2) is 0 Å². The Labute approximate surface area is 207 Å². The van der Waals surface area contributed by atoms with Gasteiger partial charge >= 0.3 is 5.97 Å². The van der Waals surface area contributed by atoms with E-state index >= 15 is 0 Å². The molecule has 4 rings (SSSR count). The lowest BCUT2D eigenvalue weighted by Gasteiger charge is -2.19. The van der Waals surface area contributed by atoms with E-state index in [2.05, 4.69) is 11.4 Å². The highest BCUT2D eigenvalue weighted by Crippen LogP contribution is 2.33. The molecule has 1 N–H and O–H groups in total. The van der Waals surface area contributed by atoms with Crippen LogP contribution in [0.15, 0.2) is 77.6 Å². The number of aromatic nitrogens is 1. The van der Waals surface area contributed by atoms with E-state index in [0.717, 1.165) is 0 Å². The van der Waals surface area contributed by atoms with Crippen LogP contribution in [-0.2, 0) is 16.1 Å². The van der Waals surface area contributed by atoms with Crippen LogP contribution in [0.4, 0.5) is 4.39 Å². The van der Waals surface area contributed by atoms with E-state index in [-0.39, 0.29) is 24.3 Å². The van der Waals surface area contributed by atoms with Crippen molar-refractivity contribution in [3.63, 3.8) is 0 Å². The molecule has 1 aromatic heterocycles. The second-order valence-electron chi connectivity index (χ2n) is 8.04. The summed E-state index contributed by atoms with van der Waals surface area (Å²) in [5, 5.41) is 14.1. The van der Waals surface area contributed by atoms with Crippen LogP contribution in [0.3, 0.4) is 0 Å². The molecule has 0 spiro atoms. The number of nitrogens with zero attached hydrogens (tertiary/aromatic N) is 2. The van der Waals surface area contributed by atoms with Crippen LogP contribution in [0.2, 0.25) is 0 Å².